The lowest BCUT2D eigenvalue weighted by Gasteiger charge is -2.48. The van der Waals surface area contributed by atoms with Gasteiger partial charge in [-0.25, -0.2) is 0 Å². The predicted octanol–water partition coefficient (Wildman–Crippen LogP) is 10.6. The molecular formula is C34H31Cl2N. The molecule has 3 heteroatoms. The first kappa shape index (κ1) is 23.4. The average Bonchev–Trinajstić information content (AvgIpc) is 3.38. The van der Waals surface area contributed by atoms with Gasteiger partial charge in [-0.3, -0.25) is 0 Å². The molecule has 7 rings (SSSR count). The molecule has 3 atom stereocenters. The van der Waals surface area contributed by atoms with E-state index in [0.717, 1.165) is 23.0 Å². The monoisotopic (exact) mass is 523 g/mol. The van der Waals surface area contributed by atoms with E-state index in [1.807, 2.05) is 18.2 Å². The minimum Gasteiger partial charge on any atom is -0.309 e. The molecule has 2 fully saturated rings. The van der Waals surface area contributed by atoms with E-state index in [-0.39, 0.29) is 16.2 Å². The van der Waals surface area contributed by atoms with Crippen molar-refractivity contribution in [2.24, 2.45) is 16.7 Å². The van der Waals surface area contributed by atoms with E-state index in [0.29, 0.717) is 10.0 Å². The third-order valence-electron chi connectivity index (χ3n) is 10.5. The number of fused-ring (bicyclic) bond motifs is 8. The fraction of sp³-hybridized carbons (Fsp3) is 0.294. The van der Waals surface area contributed by atoms with E-state index < -0.39 is 0 Å². The fourth-order valence-corrected chi connectivity index (χ4v) is 8.67. The van der Waals surface area contributed by atoms with E-state index in [2.05, 4.69) is 98.5 Å². The molecule has 3 aliphatic carbocycles. The van der Waals surface area contributed by atoms with Gasteiger partial charge in [0.1, 0.15) is 0 Å². The smallest absolute Gasteiger partial charge is 0.0832 e. The van der Waals surface area contributed by atoms with E-state index >= 15 is 0 Å². The average molecular weight is 525 g/mol. The standard InChI is InChI=1S/C34H31Cl2N/c1-32(2)22-18-19-33(32,3)34(21-22)27-13-8-7-12-25(27)26-17-16-24(20-28(26)34)37(23-10-5-4-6-11-23)30-15-9-14-29(35)31(30)36/h4-17,20,22H,18-19,21H2,1-3H3. The minimum atomic E-state index is 0.0157. The van der Waals surface area contributed by atoms with E-state index in [1.54, 1.807) is 0 Å². The highest BCUT2D eigenvalue weighted by atomic mass is 35.5. The van der Waals surface area contributed by atoms with Crippen LogP contribution in [0.25, 0.3) is 11.1 Å². The molecule has 4 aromatic carbocycles. The van der Waals surface area contributed by atoms with Gasteiger partial charge >= 0.3 is 0 Å². The zero-order valence-corrected chi connectivity index (χ0v) is 23.1. The Balaban J connectivity index is 1.50. The first-order valence-electron chi connectivity index (χ1n) is 13.3. The number of halogens is 2. The Labute approximate surface area is 230 Å². The molecule has 0 amide bonds. The second-order valence-corrected chi connectivity index (χ2v) is 12.7. The van der Waals surface area contributed by atoms with Gasteiger partial charge in [0.25, 0.3) is 0 Å². The highest BCUT2D eigenvalue weighted by Gasteiger charge is 2.71. The number of para-hydroxylation sites is 1. The van der Waals surface area contributed by atoms with Crippen LogP contribution in [0.3, 0.4) is 0 Å². The van der Waals surface area contributed by atoms with Crippen LogP contribution in [0.15, 0.2) is 91.0 Å². The molecule has 1 nitrogen and oxygen atoms in total. The fourth-order valence-electron chi connectivity index (χ4n) is 8.29. The van der Waals surface area contributed by atoms with Crippen molar-refractivity contribution in [3.05, 3.63) is 112 Å². The third-order valence-corrected chi connectivity index (χ3v) is 11.3. The normalized spacial score (nSPS) is 26.4. The number of rotatable bonds is 3. The summed E-state index contributed by atoms with van der Waals surface area (Å²) in [5, 5.41) is 1.13. The van der Waals surface area contributed by atoms with Crippen LogP contribution in [0.5, 0.6) is 0 Å². The van der Waals surface area contributed by atoms with Gasteiger partial charge in [-0.05, 0) is 94.7 Å². The topological polar surface area (TPSA) is 3.24 Å². The van der Waals surface area contributed by atoms with Crippen LogP contribution in [-0.4, -0.2) is 0 Å². The van der Waals surface area contributed by atoms with E-state index in [4.69, 9.17) is 23.2 Å². The Morgan fingerprint density at radius 1 is 0.730 bits per heavy atom. The zero-order valence-electron chi connectivity index (χ0n) is 21.6. The Morgan fingerprint density at radius 2 is 1.46 bits per heavy atom. The molecule has 0 heterocycles. The van der Waals surface area contributed by atoms with Gasteiger partial charge in [-0.1, -0.05) is 98.6 Å². The number of anilines is 3. The number of benzene rings is 4. The Kier molecular flexibility index (Phi) is 4.98. The van der Waals surface area contributed by atoms with Gasteiger partial charge in [0.2, 0.25) is 0 Å². The van der Waals surface area contributed by atoms with Gasteiger partial charge in [0.05, 0.1) is 15.7 Å². The molecule has 2 saturated carbocycles. The van der Waals surface area contributed by atoms with Gasteiger partial charge in [-0.2, -0.15) is 0 Å². The molecule has 186 valence electrons. The van der Waals surface area contributed by atoms with Crippen molar-refractivity contribution in [1.29, 1.82) is 0 Å². The van der Waals surface area contributed by atoms with Crippen LogP contribution >= 0.6 is 23.2 Å². The molecule has 0 aromatic heterocycles. The van der Waals surface area contributed by atoms with Crippen molar-refractivity contribution in [3.8, 4) is 11.1 Å². The zero-order chi connectivity index (χ0) is 25.6. The first-order chi connectivity index (χ1) is 17.8. The first-order valence-corrected chi connectivity index (χ1v) is 14.1. The summed E-state index contributed by atoms with van der Waals surface area (Å²) in [4.78, 5) is 2.26. The molecule has 0 radical (unpaired) electrons. The number of hydrogen-bond acceptors (Lipinski definition) is 1. The van der Waals surface area contributed by atoms with E-state index in [9.17, 15) is 0 Å². The van der Waals surface area contributed by atoms with Gasteiger partial charge in [0, 0.05) is 16.8 Å². The van der Waals surface area contributed by atoms with Crippen LogP contribution < -0.4 is 4.90 Å². The van der Waals surface area contributed by atoms with Crippen LogP contribution in [0, 0.1) is 16.7 Å². The van der Waals surface area contributed by atoms with Gasteiger partial charge < -0.3 is 4.90 Å². The summed E-state index contributed by atoms with van der Waals surface area (Å²) in [5.41, 5.74) is 9.35. The highest BCUT2D eigenvalue weighted by Crippen LogP contribution is 2.78. The summed E-state index contributed by atoms with van der Waals surface area (Å²) in [6.45, 7) is 7.61. The van der Waals surface area contributed by atoms with Gasteiger partial charge in [-0.15, -0.1) is 0 Å². The summed E-state index contributed by atoms with van der Waals surface area (Å²) >= 11 is 13.4. The van der Waals surface area contributed by atoms with Crippen molar-refractivity contribution in [2.75, 3.05) is 4.90 Å². The second-order valence-electron chi connectivity index (χ2n) is 11.9. The molecule has 0 N–H and O–H groups in total. The van der Waals surface area contributed by atoms with Crippen molar-refractivity contribution in [2.45, 2.75) is 45.4 Å². The third kappa shape index (κ3) is 2.88. The summed E-state index contributed by atoms with van der Waals surface area (Å²) in [7, 11) is 0. The maximum atomic E-state index is 6.84. The molecule has 3 unspecified atom stereocenters. The lowest BCUT2D eigenvalue weighted by Crippen LogP contribution is -2.44. The Hall–Kier alpha value is -2.74. The van der Waals surface area contributed by atoms with E-state index in [1.165, 1.54) is 41.5 Å². The van der Waals surface area contributed by atoms with Crippen LogP contribution in [-0.2, 0) is 5.41 Å². The lowest BCUT2D eigenvalue weighted by atomic mass is 9.55. The highest BCUT2D eigenvalue weighted by molar-refractivity contribution is 6.43. The predicted molar refractivity (Wildman–Crippen MR) is 157 cm³/mol. The quantitative estimate of drug-likeness (QED) is 0.258. The van der Waals surface area contributed by atoms with Crippen molar-refractivity contribution >= 4 is 40.3 Å². The molecular weight excluding hydrogens is 493 g/mol. The maximum absolute atomic E-state index is 6.84. The van der Waals surface area contributed by atoms with Gasteiger partial charge in [0.15, 0.2) is 0 Å². The van der Waals surface area contributed by atoms with Crippen LogP contribution in [0.1, 0.15) is 51.2 Å². The minimum absolute atomic E-state index is 0.0157. The molecule has 0 aliphatic heterocycles. The molecule has 4 aromatic rings. The molecule has 1 spiro atoms. The van der Waals surface area contributed by atoms with Crippen molar-refractivity contribution in [1.82, 2.24) is 0 Å². The second kappa shape index (κ2) is 7.88. The maximum Gasteiger partial charge on any atom is 0.0832 e. The molecule has 37 heavy (non-hydrogen) atoms. The molecule has 0 saturated heterocycles. The lowest BCUT2D eigenvalue weighted by molar-refractivity contribution is 0.0990. The summed E-state index contributed by atoms with van der Waals surface area (Å²) < 4.78 is 0. The van der Waals surface area contributed by atoms with Crippen LogP contribution in [0.2, 0.25) is 10.0 Å². The van der Waals surface area contributed by atoms with Crippen molar-refractivity contribution < 1.29 is 0 Å². The molecule has 2 bridgehead atoms. The summed E-state index contributed by atoms with van der Waals surface area (Å²) in [6, 6.07) is 32.6. The van der Waals surface area contributed by atoms with Crippen molar-refractivity contribution in [3.63, 3.8) is 0 Å². The number of hydrogen-bond donors (Lipinski definition) is 0. The Bertz CT molecular complexity index is 1540. The Morgan fingerprint density at radius 3 is 2.19 bits per heavy atom. The summed E-state index contributed by atoms with van der Waals surface area (Å²) in [5.74, 6) is 0.729. The largest absolute Gasteiger partial charge is 0.309 e. The molecule has 3 aliphatic rings. The SMILES string of the molecule is CC1(C)C2CCC1(C)C1(C2)c2ccccc2-c2ccc(N(c3ccccc3)c3cccc(Cl)c3Cl)cc21. The number of nitrogens with zero attached hydrogens (tertiary/aromatic N) is 1. The summed E-state index contributed by atoms with van der Waals surface area (Å²) in [6.07, 6.45) is 3.81. The van der Waals surface area contributed by atoms with Crippen LogP contribution in [0.4, 0.5) is 17.1 Å².